The zero-order valence-corrected chi connectivity index (χ0v) is 20.3. The van der Waals surface area contributed by atoms with Crippen molar-refractivity contribution in [2.45, 2.75) is 19.3 Å². The average Bonchev–Trinajstić information content (AvgIpc) is 3.45. The van der Waals surface area contributed by atoms with Gasteiger partial charge in [-0.15, -0.1) is 12.4 Å². The van der Waals surface area contributed by atoms with Crippen LogP contribution >= 0.6 is 12.4 Å². The minimum atomic E-state index is -0.312. The number of fused-ring (bicyclic) bond motifs is 1. The van der Waals surface area contributed by atoms with Gasteiger partial charge in [-0.3, -0.25) is 9.48 Å². The molecule has 4 heterocycles. The molecule has 3 aromatic heterocycles. The lowest BCUT2D eigenvalue weighted by molar-refractivity contribution is 0.102. The first-order valence-corrected chi connectivity index (χ1v) is 11.1. The minimum Gasteiger partial charge on any atom is -0.444 e. The third-order valence-corrected chi connectivity index (χ3v) is 5.87. The van der Waals surface area contributed by atoms with Crippen molar-refractivity contribution < 1.29 is 9.21 Å². The van der Waals surface area contributed by atoms with Crippen LogP contribution in [-0.2, 0) is 7.05 Å². The average molecular weight is 482 g/mol. The number of nitrogens with zero attached hydrogens (tertiary/aromatic N) is 6. The molecule has 1 amide bonds. The Kier molecular flexibility index (Phi) is 6.74. The quantitative estimate of drug-likeness (QED) is 0.453. The lowest BCUT2D eigenvalue weighted by atomic mass is 10.1. The molecule has 0 unspecified atom stereocenters. The maximum Gasteiger partial charge on any atom is 0.277 e. The van der Waals surface area contributed by atoms with E-state index in [4.69, 9.17) is 4.42 Å². The number of oxazole rings is 1. The Morgan fingerprint density at radius 1 is 1.15 bits per heavy atom. The van der Waals surface area contributed by atoms with Gasteiger partial charge in [-0.1, -0.05) is 0 Å². The summed E-state index contributed by atoms with van der Waals surface area (Å²) in [5.74, 6) is 0.852. The molecule has 10 heteroatoms. The van der Waals surface area contributed by atoms with Crippen molar-refractivity contribution in [1.29, 1.82) is 0 Å². The Bertz CT molecular complexity index is 1310. The molecule has 5 rings (SSSR count). The number of nitrogens with one attached hydrogen (secondary N) is 1. The molecule has 0 spiro atoms. The summed E-state index contributed by atoms with van der Waals surface area (Å²) in [6, 6.07) is 7.73. The molecule has 1 fully saturated rings. The van der Waals surface area contributed by atoms with Crippen LogP contribution in [0.3, 0.4) is 0 Å². The number of amides is 1. The normalized spacial score (nSPS) is 13.6. The van der Waals surface area contributed by atoms with Crippen LogP contribution in [0.15, 0.2) is 47.3 Å². The Hall–Kier alpha value is -3.59. The second kappa shape index (κ2) is 9.72. The van der Waals surface area contributed by atoms with Crippen molar-refractivity contribution in [3.8, 4) is 11.5 Å². The molecule has 178 valence electrons. The number of pyridine rings is 1. The molecule has 9 nitrogen and oxygen atoms in total. The van der Waals surface area contributed by atoms with Gasteiger partial charge in [0.15, 0.2) is 5.69 Å². The number of aromatic nitrogens is 4. The first kappa shape index (κ1) is 23.6. The number of piperidine rings is 1. The topological polar surface area (TPSA) is 92.3 Å². The highest BCUT2D eigenvalue weighted by Crippen LogP contribution is 2.33. The van der Waals surface area contributed by atoms with Gasteiger partial charge in [-0.2, -0.15) is 5.10 Å². The van der Waals surface area contributed by atoms with Crippen LogP contribution < -0.4 is 15.1 Å². The van der Waals surface area contributed by atoms with Crippen molar-refractivity contribution in [2.75, 3.05) is 42.3 Å². The van der Waals surface area contributed by atoms with E-state index in [0.717, 1.165) is 59.6 Å². The molecule has 0 aliphatic carbocycles. The van der Waals surface area contributed by atoms with Crippen molar-refractivity contribution in [1.82, 2.24) is 19.7 Å². The number of hydrogen-bond donors (Lipinski definition) is 1. The third kappa shape index (κ3) is 4.70. The second-order valence-corrected chi connectivity index (χ2v) is 8.57. The fourth-order valence-electron chi connectivity index (χ4n) is 4.17. The number of anilines is 3. The van der Waals surface area contributed by atoms with Crippen LogP contribution in [0.5, 0.6) is 0 Å². The Morgan fingerprint density at radius 2 is 1.94 bits per heavy atom. The third-order valence-electron chi connectivity index (χ3n) is 5.87. The number of benzene rings is 1. The van der Waals surface area contributed by atoms with Gasteiger partial charge < -0.3 is 19.5 Å². The Labute approximate surface area is 204 Å². The number of halogens is 1. The summed E-state index contributed by atoms with van der Waals surface area (Å²) < 4.78 is 7.41. The lowest BCUT2D eigenvalue weighted by Gasteiger charge is -2.30. The first-order chi connectivity index (χ1) is 16.0. The summed E-state index contributed by atoms with van der Waals surface area (Å²) >= 11 is 0. The lowest BCUT2D eigenvalue weighted by Crippen LogP contribution is -2.30. The van der Waals surface area contributed by atoms with Crippen LogP contribution in [0, 0.1) is 0 Å². The summed E-state index contributed by atoms with van der Waals surface area (Å²) in [5.41, 5.74) is 3.64. The number of hydrogen-bond acceptors (Lipinski definition) is 7. The summed E-state index contributed by atoms with van der Waals surface area (Å²) in [4.78, 5) is 26.1. The largest absolute Gasteiger partial charge is 0.444 e. The van der Waals surface area contributed by atoms with Gasteiger partial charge in [0.05, 0.1) is 16.9 Å². The van der Waals surface area contributed by atoms with Gasteiger partial charge in [-0.25, -0.2) is 9.97 Å². The van der Waals surface area contributed by atoms with Gasteiger partial charge >= 0.3 is 0 Å². The van der Waals surface area contributed by atoms with Gasteiger partial charge in [0.2, 0.25) is 5.89 Å². The number of aryl methyl sites for hydroxylation is 1. The summed E-state index contributed by atoms with van der Waals surface area (Å²) in [5, 5.41) is 8.58. The number of rotatable bonds is 5. The van der Waals surface area contributed by atoms with Crippen molar-refractivity contribution in [3.63, 3.8) is 0 Å². The molecular formula is C24H28ClN7O2. The molecule has 1 saturated heterocycles. The summed E-state index contributed by atoms with van der Waals surface area (Å²) in [7, 11) is 5.73. The van der Waals surface area contributed by atoms with Crippen LogP contribution in [-0.4, -0.2) is 52.8 Å². The zero-order valence-electron chi connectivity index (χ0n) is 19.5. The predicted molar refractivity (Wildman–Crippen MR) is 136 cm³/mol. The van der Waals surface area contributed by atoms with Gasteiger partial charge in [0.1, 0.15) is 12.1 Å². The molecule has 0 bridgehead atoms. The molecule has 0 atom stereocenters. The molecule has 34 heavy (non-hydrogen) atoms. The first-order valence-electron chi connectivity index (χ1n) is 11.1. The molecule has 1 aromatic carbocycles. The molecule has 0 saturated carbocycles. The Balaban J connectivity index is 0.00000274. The maximum atomic E-state index is 13.1. The molecule has 1 aliphatic heterocycles. The van der Waals surface area contributed by atoms with E-state index in [1.165, 1.54) is 12.7 Å². The van der Waals surface area contributed by atoms with Crippen molar-refractivity contribution in [3.05, 3.63) is 48.6 Å². The summed E-state index contributed by atoms with van der Waals surface area (Å²) in [6.07, 6.45) is 8.55. The molecule has 1 N–H and O–H groups in total. The van der Waals surface area contributed by atoms with Gasteiger partial charge in [0, 0.05) is 57.6 Å². The molecule has 1 aliphatic rings. The van der Waals surface area contributed by atoms with Gasteiger partial charge in [0.25, 0.3) is 5.91 Å². The predicted octanol–water partition coefficient (Wildman–Crippen LogP) is 4.35. The Morgan fingerprint density at radius 3 is 2.71 bits per heavy atom. The molecule has 0 radical (unpaired) electrons. The van der Waals surface area contributed by atoms with Crippen LogP contribution in [0.25, 0.3) is 22.4 Å². The summed E-state index contributed by atoms with van der Waals surface area (Å²) in [6.45, 7) is 1.93. The fraction of sp³-hybridized carbons (Fsp3) is 0.333. The van der Waals surface area contributed by atoms with Crippen LogP contribution in [0.4, 0.5) is 17.2 Å². The number of carbonyl (C=O) groups is 1. The maximum absolute atomic E-state index is 13.1. The second-order valence-electron chi connectivity index (χ2n) is 8.57. The highest BCUT2D eigenvalue weighted by atomic mass is 35.5. The SMILES string of the molecule is CN(C)c1cc(-c2nc(C(=O)Nc3cc4cn(C)nc4cc3N3CCCCC3)co2)ccn1.Cl. The van der Waals surface area contributed by atoms with Crippen LogP contribution in [0.1, 0.15) is 29.8 Å². The van der Waals surface area contributed by atoms with E-state index in [2.05, 4.69) is 31.3 Å². The van der Waals surface area contributed by atoms with E-state index in [1.807, 2.05) is 50.4 Å². The highest BCUT2D eigenvalue weighted by Gasteiger charge is 2.20. The van der Waals surface area contributed by atoms with E-state index in [1.54, 1.807) is 10.9 Å². The highest BCUT2D eigenvalue weighted by molar-refractivity contribution is 6.06. The van der Waals surface area contributed by atoms with E-state index in [0.29, 0.717) is 5.89 Å². The van der Waals surface area contributed by atoms with E-state index in [9.17, 15) is 4.79 Å². The fourth-order valence-corrected chi connectivity index (χ4v) is 4.17. The minimum absolute atomic E-state index is 0. The van der Waals surface area contributed by atoms with E-state index >= 15 is 0 Å². The zero-order chi connectivity index (χ0) is 22.9. The monoisotopic (exact) mass is 481 g/mol. The van der Waals surface area contributed by atoms with E-state index < -0.39 is 0 Å². The van der Waals surface area contributed by atoms with Crippen molar-refractivity contribution in [2.24, 2.45) is 7.05 Å². The van der Waals surface area contributed by atoms with Gasteiger partial charge in [-0.05, 0) is 43.5 Å². The molecular weight excluding hydrogens is 454 g/mol. The van der Waals surface area contributed by atoms with Crippen LogP contribution in [0.2, 0.25) is 0 Å². The smallest absolute Gasteiger partial charge is 0.277 e. The van der Waals surface area contributed by atoms with E-state index in [-0.39, 0.29) is 24.0 Å². The molecule has 4 aromatic rings. The standard InChI is InChI=1S/C24H27N7O2.ClH/c1-29(2)22-12-16(7-8-25-22)24-27-20(15-33-24)23(32)26-19-11-17-14-30(3)28-18(17)13-21(19)31-9-5-4-6-10-31;/h7-8,11-15H,4-6,9-10H2,1-3H3,(H,26,32);1H. The number of carbonyl (C=O) groups excluding carboxylic acids is 1. The van der Waals surface area contributed by atoms with Crippen molar-refractivity contribution >= 4 is 46.4 Å².